The van der Waals surface area contributed by atoms with Gasteiger partial charge in [0.1, 0.15) is 5.69 Å². The molecule has 5 nitrogen and oxygen atoms in total. The summed E-state index contributed by atoms with van der Waals surface area (Å²) in [6.07, 6.45) is 9.68. The van der Waals surface area contributed by atoms with E-state index in [-0.39, 0.29) is 11.3 Å². The first kappa shape index (κ1) is 14.5. The minimum atomic E-state index is -0.175. The number of ether oxygens (including phenoxy) is 1. The quantitative estimate of drug-likeness (QED) is 0.726. The summed E-state index contributed by atoms with van der Waals surface area (Å²) in [6.45, 7) is 2.49. The summed E-state index contributed by atoms with van der Waals surface area (Å²) in [6, 6.07) is 3.80. The molecule has 0 saturated carbocycles. The van der Waals surface area contributed by atoms with Crippen LogP contribution in [0.25, 0.3) is 17.1 Å². The van der Waals surface area contributed by atoms with Gasteiger partial charge in [-0.1, -0.05) is 19.1 Å². The highest BCUT2D eigenvalue weighted by Gasteiger charge is 2.12. The Morgan fingerprint density at radius 1 is 1.41 bits per heavy atom. The SMILES string of the molecule is CCCOc1c(/C=C/c2cccnc2)nc2sccn2c1=O. The minimum absolute atomic E-state index is 0.175. The molecule has 3 rings (SSSR count). The number of aromatic nitrogens is 3. The van der Waals surface area contributed by atoms with Gasteiger partial charge in [-0.15, -0.1) is 11.3 Å². The molecule has 3 aromatic rings. The van der Waals surface area contributed by atoms with Crippen molar-refractivity contribution >= 4 is 28.4 Å². The Morgan fingerprint density at radius 3 is 3.09 bits per heavy atom. The molecule has 112 valence electrons. The summed E-state index contributed by atoms with van der Waals surface area (Å²) >= 11 is 1.42. The minimum Gasteiger partial charge on any atom is -0.486 e. The first-order valence-corrected chi connectivity index (χ1v) is 7.88. The van der Waals surface area contributed by atoms with Crippen molar-refractivity contribution in [3.63, 3.8) is 0 Å². The molecule has 3 heterocycles. The monoisotopic (exact) mass is 313 g/mol. The van der Waals surface area contributed by atoms with Crippen molar-refractivity contribution in [2.75, 3.05) is 6.61 Å². The van der Waals surface area contributed by atoms with Crippen LogP contribution in [0.4, 0.5) is 0 Å². The van der Waals surface area contributed by atoms with Gasteiger partial charge in [-0.05, 0) is 24.1 Å². The second kappa shape index (κ2) is 6.53. The van der Waals surface area contributed by atoms with Crippen molar-refractivity contribution < 1.29 is 4.74 Å². The number of pyridine rings is 1. The lowest BCUT2D eigenvalue weighted by atomic mass is 10.2. The van der Waals surface area contributed by atoms with E-state index in [1.807, 2.05) is 30.5 Å². The molecule has 0 N–H and O–H groups in total. The van der Waals surface area contributed by atoms with E-state index in [4.69, 9.17) is 4.74 Å². The molecule has 0 atom stereocenters. The number of fused-ring (bicyclic) bond motifs is 1. The first-order chi connectivity index (χ1) is 10.8. The van der Waals surface area contributed by atoms with Gasteiger partial charge < -0.3 is 4.74 Å². The molecule has 0 amide bonds. The fourth-order valence-electron chi connectivity index (χ4n) is 1.98. The molecule has 0 fully saturated rings. The molecule has 6 heteroatoms. The number of nitrogens with zero attached hydrogens (tertiary/aromatic N) is 3. The molecule has 0 radical (unpaired) electrons. The zero-order valence-corrected chi connectivity index (χ0v) is 12.9. The van der Waals surface area contributed by atoms with E-state index >= 15 is 0 Å². The fourth-order valence-corrected chi connectivity index (χ4v) is 2.70. The highest BCUT2D eigenvalue weighted by Crippen LogP contribution is 2.18. The zero-order chi connectivity index (χ0) is 15.4. The van der Waals surface area contributed by atoms with E-state index in [2.05, 4.69) is 9.97 Å². The topological polar surface area (TPSA) is 56.5 Å². The molecule has 0 aliphatic heterocycles. The van der Waals surface area contributed by atoms with Gasteiger partial charge in [0.25, 0.3) is 0 Å². The van der Waals surface area contributed by atoms with Crippen molar-refractivity contribution in [2.45, 2.75) is 13.3 Å². The molecule has 0 aromatic carbocycles. The third kappa shape index (κ3) is 2.92. The highest BCUT2D eigenvalue weighted by atomic mass is 32.1. The molecule has 0 aliphatic carbocycles. The third-order valence-electron chi connectivity index (χ3n) is 3.02. The van der Waals surface area contributed by atoms with Crippen LogP contribution in [-0.2, 0) is 0 Å². The second-order valence-corrected chi connectivity index (χ2v) is 5.53. The molecular weight excluding hydrogens is 298 g/mol. The third-order valence-corrected chi connectivity index (χ3v) is 3.78. The molecular formula is C16H15N3O2S. The Bertz CT molecular complexity index is 853. The van der Waals surface area contributed by atoms with E-state index in [0.29, 0.717) is 17.3 Å². The van der Waals surface area contributed by atoms with E-state index in [9.17, 15) is 4.79 Å². The zero-order valence-electron chi connectivity index (χ0n) is 12.1. The summed E-state index contributed by atoms with van der Waals surface area (Å²) in [5.74, 6) is 0.290. The Balaban J connectivity index is 2.06. The number of rotatable bonds is 5. The van der Waals surface area contributed by atoms with E-state index in [1.165, 1.54) is 15.7 Å². The first-order valence-electron chi connectivity index (χ1n) is 7.00. The van der Waals surface area contributed by atoms with Crippen LogP contribution in [0, 0.1) is 0 Å². The van der Waals surface area contributed by atoms with Gasteiger partial charge >= 0.3 is 5.56 Å². The molecule has 0 unspecified atom stereocenters. The average molecular weight is 313 g/mol. The van der Waals surface area contributed by atoms with E-state index < -0.39 is 0 Å². The van der Waals surface area contributed by atoms with Crippen molar-refractivity contribution in [1.82, 2.24) is 14.4 Å². The van der Waals surface area contributed by atoms with Gasteiger partial charge in [-0.25, -0.2) is 4.98 Å². The lowest BCUT2D eigenvalue weighted by molar-refractivity contribution is 0.310. The molecule has 0 bridgehead atoms. The Hall–Kier alpha value is -2.47. The number of hydrogen-bond acceptors (Lipinski definition) is 5. The number of thiazole rings is 1. The largest absolute Gasteiger partial charge is 0.486 e. The Labute approximate surface area is 131 Å². The predicted molar refractivity (Wildman–Crippen MR) is 88.3 cm³/mol. The number of hydrogen-bond donors (Lipinski definition) is 0. The van der Waals surface area contributed by atoms with Crippen LogP contribution in [0.15, 0.2) is 40.9 Å². The normalized spacial score (nSPS) is 11.3. The lowest BCUT2D eigenvalue weighted by Crippen LogP contribution is -2.18. The molecule has 0 saturated heterocycles. The molecule has 0 spiro atoms. The average Bonchev–Trinajstić information content (AvgIpc) is 3.02. The van der Waals surface area contributed by atoms with Crippen LogP contribution in [0.2, 0.25) is 0 Å². The fraction of sp³-hybridized carbons (Fsp3) is 0.188. The standard InChI is InChI=1S/C16H15N3O2S/c1-2-9-21-14-13(6-5-12-4-3-7-17-11-12)18-16-19(15(14)20)8-10-22-16/h3-8,10-11H,2,9H2,1H3/b6-5+. The van der Waals surface area contributed by atoms with Crippen LogP contribution in [-0.4, -0.2) is 21.0 Å². The maximum absolute atomic E-state index is 12.5. The van der Waals surface area contributed by atoms with Crippen molar-refractivity contribution in [2.24, 2.45) is 0 Å². The van der Waals surface area contributed by atoms with Gasteiger partial charge in [0.15, 0.2) is 4.96 Å². The van der Waals surface area contributed by atoms with Crippen LogP contribution >= 0.6 is 11.3 Å². The highest BCUT2D eigenvalue weighted by molar-refractivity contribution is 7.15. The maximum atomic E-state index is 12.5. The van der Waals surface area contributed by atoms with Crippen molar-refractivity contribution in [1.29, 1.82) is 0 Å². The van der Waals surface area contributed by atoms with Gasteiger partial charge in [0.2, 0.25) is 5.75 Å². The van der Waals surface area contributed by atoms with Crippen molar-refractivity contribution in [3.8, 4) is 5.75 Å². The second-order valence-electron chi connectivity index (χ2n) is 4.66. The Morgan fingerprint density at radius 2 is 2.32 bits per heavy atom. The summed E-state index contributed by atoms with van der Waals surface area (Å²) in [5.41, 5.74) is 1.31. The van der Waals surface area contributed by atoms with Crippen LogP contribution < -0.4 is 10.3 Å². The smallest absolute Gasteiger partial charge is 0.301 e. The van der Waals surface area contributed by atoms with Crippen LogP contribution in [0.3, 0.4) is 0 Å². The van der Waals surface area contributed by atoms with E-state index in [0.717, 1.165) is 12.0 Å². The predicted octanol–water partition coefficient (Wildman–Crippen LogP) is 3.11. The molecule has 22 heavy (non-hydrogen) atoms. The Kier molecular flexibility index (Phi) is 4.29. The summed E-state index contributed by atoms with van der Waals surface area (Å²) in [5, 5.41) is 1.84. The van der Waals surface area contributed by atoms with Gasteiger partial charge in [0, 0.05) is 24.0 Å². The molecule has 3 aromatic heterocycles. The molecule has 0 aliphatic rings. The summed E-state index contributed by atoms with van der Waals surface area (Å²) in [4.78, 5) is 21.7. The van der Waals surface area contributed by atoms with Gasteiger partial charge in [0.05, 0.1) is 6.61 Å². The van der Waals surface area contributed by atoms with Crippen molar-refractivity contribution in [3.05, 3.63) is 57.7 Å². The summed E-state index contributed by atoms with van der Waals surface area (Å²) < 4.78 is 7.14. The van der Waals surface area contributed by atoms with Crippen LogP contribution in [0.5, 0.6) is 5.75 Å². The maximum Gasteiger partial charge on any atom is 0.301 e. The van der Waals surface area contributed by atoms with E-state index in [1.54, 1.807) is 24.7 Å². The van der Waals surface area contributed by atoms with Gasteiger partial charge in [-0.2, -0.15) is 0 Å². The lowest BCUT2D eigenvalue weighted by Gasteiger charge is -2.07. The van der Waals surface area contributed by atoms with Crippen LogP contribution in [0.1, 0.15) is 24.6 Å². The summed E-state index contributed by atoms with van der Waals surface area (Å²) in [7, 11) is 0. The van der Waals surface area contributed by atoms with Gasteiger partial charge in [-0.3, -0.25) is 14.2 Å².